The number of hydrogen-bond donors (Lipinski definition) is 9. The number of carbonyl (C=O) groups is 9. The SMILES string of the molecule is CCC(C)C(NC(=O)C(Cc1ccc(O)cc1)NC(=O)CNC(=O)CCC(NC(=O)C(CC(N)=O)C(C)=N)C(C)=O)C(=O)NC(CCC(N)=O)C(C)=O. The number of hydrogen-bond acceptors (Lipinski definition) is 11. The van der Waals surface area contributed by atoms with Gasteiger partial charge in [0.05, 0.1) is 24.5 Å². The molecule has 0 saturated heterocycles. The van der Waals surface area contributed by atoms with E-state index in [1.54, 1.807) is 13.8 Å². The second kappa shape index (κ2) is 22.3. The number of primary amides is 2. The second-order valence-corrected chi connectivity index (χ2v) is 12.9. The molecular formula is C35H52N8O10. The van der Waals surface area contributed by atoms with E-state index in [1.807, 2.05) is 0 Å². The van der Waals surface area contributed by atoms with Crippen LogP contribution < -0.4 is 38.1 Å². The Bertz CT molecular complexity index is 1530. The van der Waals surface area contributed by atoms with E-state index in [9.17, 15) is 48.3 Å². The van der Waals surface area contributed by atoms with Crippen LogP contribution in [0.3, 0.4) is 0 Å². The molecule has 53 heavy (non-hydrogen) atoms. The average Bonchev–Trinajstić information content (AvgIpc) is 3.08. The molecule has 7 amide bonds. The molecule has 0 radical (unpaired) electrons. The quantitative estimate of drug-likeness (QED) is 0.0569. The maximum absolute atomic E-state index is 13.7. The molecule has 18 heteroatoms. The first kappa shape index (κ1) is 45.3. The fraction of sp³-hybridized carbons (Fsp3) is 0.543. The molecule has 0 aromatic heterocycles. The predicted molar refractivity (Wildman–Crippen MR) is 192 cm³/mol. The summed E-state index contributed by atoms with van der Waals surface area (Å²) < 4.78 is 0. The van der Waals surface area contributed by atoms with Gasteiger partial charge in [0.2, 0.25) is 41.4 Å². The molecule has 0 aliphatic heterocycles. The van der Waals surface area contributed by atoms with Gasteiger partial charge in [-0.1, -0.05) is 32.4 Å². The number of Topliss-reactive ketones (excluding diaryl/α,β-unsaturated/α-hetero) is 2. The van der Waals surface area contributed by atoms with Crippen LogP contribution in [0, 0.1) is 17.2 Å². The molecule has 292 valence electrons. The van der Waals surface area contributed by atoms with E-state index in [1.165, 1.54) is 45.0 Å². The van der Waals surface area contributed by atoms with Gasteiger partial charge in [0.1, 0.15) is 17.8 Å². The molecular weight excluding hydrogens is 692 g/mol. The molecule has 6 unspecified atom stereocenters. The molecule has 1 aromatic carbocycles. The van der Waals surface area contributed by atoms with Crippen LogP contribution in [0.15, 0.2) is 24.3 Å². The van der Waals surface area contributed by atoms with Gasteiger partial charge in [-0.3, -0.25) is 43.2 Å². The minimum Gasteiger partial charge on any atom is -0.508 e. The number of rotatable bonds is 24. The zero-order chi connectivity index (χ0) is 40.4. The van der Waals surface area contributed by atoms with Crippen LogP contribution in [-0.4, -0.2) is 94.4 Å². The lowest BCUT2D eigenvalue weighted by molar-refractivity contribution is -0.134. The summed E-state index contributed by atoms with van der Waals surface area (Å²) >= 11 is 0. The van der Waals surface area contributed by atoms with Gasteiger partial charge in [0.15, 0.2) is 11.6 Å². The number of benzene rings is 1. The molecule has 0 aliphatic rings. The van der Waals surface area contributed by atoms with Crippen molar-refractivity contribution in [3.05, 3.63) is 29.8 Å². The van der Waals surface area contributed by atoms with Crippen molar-refractivity contribution in [1.82, 2.24) is 26.6 Å². The lowest BCUT2D eigenvalue weighted by Crippen LogP contribution is -2.58. The molecule has 0 fully saturated rings. The Hall–Kier alpha value is -5.68. The number of ketones is 2. The van der Waals surface area contributed by atoms with Crippen molar-refractivity contribution in [3.8, 4) is 5.75 Å². The third-order valence-electron chi connectivity index (χ3n) is 8.47. The molecule has 1 rings (SSSR count). The third-order valence-corrected chi connectivity index (χ3v) is 8.47. The molecule has 0 saturated carbocycles. The van der Waals surface area contributed by atoms with Gasteiger partial charge < -0.3 is 48.6 Å². The van der Waals surface area contributed by atoms with Gasteiger partial charge in [0, 0.05) is 31.4 Å². The van der Waals surface area contributed by atoms with Crippen molar-refractivity contribution in [2.45, 2.75) is 104 Å². The Kier molecular flexibility index (Phi) is 19.1. The monoisotopic (exact) mass is 744 g/mol. The Balaban J connectivity index is 3.04. The smallest absolute Gasteiger partial charge is 0.243 e. The topological polar surface area (TPSA) is 310 Å². The summed E-state index contributed by atoms with van der Waals surface area (Å²) in [5, 5.41) is 30.0. The highest BCUT2D eigenvalue weighted by molar-refractivity contribution is 6.05. The van der Waals surface area contributed by atoms with E-state index in [2.05, 4.69) is 26.6 Å². The summed E-state index contributed by atoms with van der Waals surface area (Å²) in [5.74, 6) is -7.68. The predicted octanol–water partition coefficient (Wildman–Crippen LogP) is -1.21. The summed E-state index contributed by atoms with van der Waals surface area (Å²) in [6.45, 7) is 6.66. The number of carbonyl (C=O) groups excluding carboxylic acids is 9. The number of phenols is 1. The maximum Gasteiger partial charge on any atom is 0.243 e. The molecule has 18 nitrogen and oxygen atoms in total. The molecule has 1 aromatic rings. The zero-order valence-electron chi connectivity index (χ0n) is 30.7. The van der Waals surface area contributed by atoms with Crippen LogP contribution in [-0.2, 0) is 49.6 Å². The molecule has 0 bridgehead atoms. The highest BCUT2D eigenvalue weighted by Gasteiger charge is 2.32. The fourth-order valence-electron chi connectivity index (χ4n) is 5.04. The number of amides is 7. The largest absolute Gasteiger partial charge is 0.508 e. The number of phenolic OH excluding ortho intramolecular Hbond substituents is 1. The van der Waals surface area contributed by atoms with E-state index < -0.39 is 102 Å². The van der Waals surface area contributed by atoms with Gasteiger partial charge in [-0.05, 0) is 57.2 Å². The van der Waals surface area contributed by atoms with Crippen LogP contribution in [0.2, 0.25) is 0 Å². The minimum absolute atomic E-state index is 0.0330. The van der Waals surface area contributed by atoms with Crippen molar-refractivity contribution in [1.29, 1.82) is 5.41 Å². The summed E-state index contributed by atoms with van der Waals surface area (Å²) in [6, 6.07) is 1.26. The highest BCUT2D eigenvalue weighted by Crippen LogP contribution is 2.14. The van der Waals surface area contributed by atoms with E-state index in [4.69, 9.17) is 16.9 Å². The normalized spacial score (nSPS) is 14.1. The molecule has 0 aliphatic carbocycles. The van der Waals surface area contributed by atoms with Crippen molar-refractivity contribution in [2.24, 2.45) is 23.3 Å². The van der Waals surface area contributed by atoms with Gasteiger partial charge in [-0.15, -0.1) is 0 Å². The van der Waals surface area contributed by atoms with E-state index in [0.29, 0.717) is 12.0 Å². The summed E-state index contributed by atoms with van der Waals surface area (Å²) in [5.41, 5.74) is 10.8. The molecule has 0 heterocycles. The molecule has 11 N–H and O–H groups in total. The van der Waals surface area contributed by atoms with Crippen molar-refractivity contribution in [3.63, 3.8) is 0 Å². The summed E-state index contributed by atoms with van der Waals surface area (Å²) in [6.07, 6.45) is -0.720. The number of nitrogens with two attached hydrogens (primary N) is 2. The lowest BCUT2D eigenvalue weighted by Gasteiger charge is -2.28. The van der Waals surface area contributed by atoms with Crippen molar-refractivity contribution >= 4 is 58.6 Å². The zero-order valence-corrected chi connectivity index (χ0v) is 30.7. The van der Waals surface area contributed by atoms with Gasteiger partial charge in [-0.25, -0.2) is 0 Å². The van der Waals surface area contributed by atoms with Crippen molar-refractivity contribution < 1.29 is 48.3 Å². The average molecular weight is 745 g/mol. The Morgan fingerprint density at radius 2 is 1.26 bits per heavy atom. The third kappa shape index (κ3) is 16.9. The maximum atomic E-state index is 13.7. The Morgan fingerprint density at radius 3 is 1.75 bits per heavy atom. The van der Waals surface area contributed by atoms with Crippen LogP contribution in [0.5, 0.6) is 5.75 Å². The first-order valence-electron chi connectivity index (χ1n) is 17.1. The van der Waals surface area contributed by atoms with Crippen LogP contribution in [0.25, 0.3) is 0 Å². The van der Waals surface area contributed by atoms with Gasteiger partial charge >= 0.3 is 0 Å². The minimum atomic E-state index is -1.27. The molecule has 0 spiro atoms. The summed E-state index contributed by atoms with van der Waals surface area (Å²) in [7, 11) is 0. The van der Waals surface area contributed by atoms with Crippen LogP contribution in [0.1, 0.15) is 78.7 Å². The first-order valence-corrected chi connectivity index (χ1v) is 17.1. The van der Waals surface area contributed by atoms with E-state index in [-0.39, 0.29) is 43.6 Å². The fourth-order valence-corrected chi connectivity index (χ4v) is 5.04. The molecule has 6 atom stereocenters. The van der Waals surface area contributed by atoms with Gasteiger partial charge in [0.25, 0.3) is 0 Å². The highest BCUT2D eigenvalue weighted by atomic mass is 16.3. The van der Waals surface area contributed by atoms with E-state index in [0.717, 1.165) is 0 Å². The second-order valence-electron chi connectivity index (χ2n) is 12.9. The standard InChI is InChI=1S/C35H52N8O10/c1-6-18(2)32(35(53)42-25(20(4)44)11-13-28(37)47)43-34(52)27(15-22-7-9-23(46)10-8-22)40-31(50)17-39-30(49)14-12-26(21(5)45)41-33(51)24(19(3)36)16-29(38)48/h7-10,18,24-27,32,36,46H,6,11-17H2,1-5H3,(H2,37,47)(H2,38,48)(H,39,49)(H,40,50)(H,41,51)(H,42,53)(H,43,52). The van der Waals surface area contributed by atoms with Gasteiger partial charge in [-0.2, -0.15) is 0 Å². The Labute approximate surface area is 307 Å². The van der Waals surface area contributed by atoms with E-state index >= 15 is 0 Å². The van der Waals surface area contributed by atoms with Crippen LogP contribution >= 0.6 is 0 Å². The summed E-state index contributed by atoms with van der Waals surface area (Å²) in [4.78, 5) is 112. The van der Waals surface area contributed by atoms with Crippen LogP contribution in [0.4, 0.5) is 0 Å². The number of nitrogens with one attached hydrogen (secondary N) is 6. The first-order chi connectivity index (χ1) is 24.7. The number of aromatic hydroxyl groups is 1. The Morgan fingerprint density at radius 1 is 0.717 bits per heavy atom. The van der Waals surface area contributed by atoms with Crippen molar-refractivity contribution in [2.75, 3.05) is 6.54 Å². The lowest BCUT2D eigenvalue weighted by atomic mass is 9.96.